The number of hydrogen-bond acceptors (Lipinski definition) is 13. The van der Waals surface area contributed by atoms with Gasteiger partial charge in [-0.3, -0.25) is 24.1 Å². The third-order valence-electron chi connectivity index (χ3n) is 13.3. The normalized spacial score (nSPS) is 16.3. The van der Waals surface area contributed by atoms with Crippen LogP contribution in [-0.2, 0) is 25.7 Å². The van der Waals surface area contributed by atoms with E-state index in [4.69, 9.17) is 10.5 Å². The van der Waals surface area contributed by atoms with Crippen LogP contribution in [0.2, 0.25) is 0 Å². The molecule has 386 valence electrons. The van der Waals surface area contributed by atoms with Gasteiger partial charge in [0.15, 0.2) is 5.82 Å². The highest BCUT2D eigenvalue weighted by Crippen LogP contribution is 2.30. The van der Waals surface area contributed by atoms with Gasteiger partial charge >= 0.3 is 0 Å². The molecule has 6 N–H and O–H groups in total. The lowest BCUT2D eigenvalue weighted by Gasteiger charge is -2.35. The Kier molecular flexibility index (Phi) is 19.0. The lowest BCUT2D eigenvalue weighted by molar-refractivity contribution is -0.144. The van der Waals surface area contributed by atoms with Crippen LogP contribution in [0.4, 0.5) is 5.82 Å². The molecule has 0 aliphatic carbocycles. The summed E-state index contributed by atoms with van der Waals surface area (Å²) in [7, 11) is 0. The number of unbranched alkanes of at least 4 members (excludes halogenated alkanes) is 5. The molecule has 17 heteroatoms. The zero-order valence-corrected chi connectivity index (χ0v) is 43.3. The van der Waals surface area contributed by atoms with E-state index in [2.05, 4.69) is 42.6 Å². The zero-order chi connectivity index (χ0) is 51.9. The smallest absolute Gasteiger partial charge is 0.246 e. The molecule has 2 aliphatic heterocycles. The van der Waals surface area contributed by atoms with Gasteiger partial charge in [-0.2, -0.15) is 0 Å². The van der Waals surface area contributed by atoms with Gasteiger partial charge in [0.1, 0.15) is 30.2 Å². The van der Waals surface area contributed by atoms with Crippen molar-refractivity contribution < 1.29 is 34.1 Å². The van der Waals surface area contributed by atoms with E-state index in [1.165, 1.54) is 4.90 Å². The minimum absolute atomic E-state index is 0.0218. The summed E-state index contributed by atoms with van der Waals surface area (Å²) < 4.78 is 6.08. The zero-order valence-electron chi connectivity index (χ0n) is 42.4. The highest BCUT2D eigenvalue weighted by Gasteiger charge is 2.44. The second-order valence-corrected chi connectivity index (χ2v) is 20.8. The van der Waals surface area contributed by atoms with Gasteiger partial charge in [-0.25, -0.2) is 4.98 Å². The molecule has 3 atom stereocenters. The second-order valence-electron chi connectivity index (χ2n) is 20.0. The summed E-state index contributed by atoms with van der Waals surface area (Å²) in [6.07, 6.45) is 5.30. The number of carbonyl (C=O) groups excluding carboxylic acids is 4. The summed E-state index contributed by atoms with van der Waals surface area (Å²) >= 11 is 1.58. The van der Waals surface area contributed by atoms with Gasteiger partial charge in [-0.05, 0) is 72.7 Å². The third-order valence-corrected chi connectivity index (χ3v) is 14.3. The highest BCUT2D eigenvalue weighted by atomic mass is 32.1. The number of phenolic OH excluding ortho intramolecular Hbond substituents is 1. The van der Waals surface area contributed by atoms with Gasteiger partial charge in [-0.15, -0.1) is 21.5 Å². The molecular formula is C56H69N9O7S. The predicted octanol–water partition coefficient (Wildman–Crippen LogP) is 6.72. The van der Waals surface area contributed by atoms with Crippen LogP contribution in [-0.4, -0.2) is 128 Å². The molecule has 0 radical (unpaired) electrons. The summed E-state index contributed by atoms with van der Waals surface area (Å²) in [6, 6.07) is 22.4. The number of nitrogens with one attached hydrogen (secondary N) is 2. The number of phenols is 1. The fourth-order valence-electron chi connectivity index (χ4n) is 9.08. The Bertz CT molecular complexity index is 2740. The maximum atomic E-state index is 14.0. The number of ether oxygens (including phenoxy) is 1. The first-order valence-corrected chi connectivity index (χ1v) is 26.2. The third kappa shape index (κ3) is 15.3. The van der Waals surface area contributed by atoms with Gasteiger partial charge in [0.05, 0.1) is 33.4 Å². The molecule has 73 heavy (non-hydrogen) atoms. The molecule has 7 rings (SSSR count). The number of aromatic nitrogens is 3. The molecule has 4 amide bonds. The fourth-order valence-corrected chi connectivity index (χ4v) is 9.89. The Morgan fingerprint density at radius 3 is 2.33 bits per heavy atom. The Morgan fingerprint density at radius 2 is 1.62 bits per heavy atom. The van der Waals surface area contributed by atoms with Crippen LogP contribution >= 0.6 is 11.3 Å². The number of anilines is 1. The van der Waals surface area contributed by atoms with Gasteiger partial charge in [-0.1, -0.05) is 101 Å². The molecule has 5 aromatic rings. The Morgan fingerprint density at radius 1 is 0.890 bits per heavy atom. The SMILES string of the molecule is Cc1ncsc1-c1ccc(CNC(=O)[C@@H]2C[C@@H](O)CN2C(=O)C(NC(=O)CCCCCCCCC(=O)N2CCN(CCOc3cccc(C#Cc4cc(-c5ccccc5O)nnc4N)c3)CC2)C(C)(C)C)cc1. The summed E-state index contributed by atoms with van der Waals surface area (Å²) in [5, 5.41) is 34.9. The number of thiazole rings is 1. The molecule has 2 saturated heterocycles. The van der Waals surface area contributed by atoms with E-state index in [9.17, 15) is 29.4 Å². The lowest BCUT2D eigenvalue weighted by Crippen LogP contribution is -2.57. The van der Waals surface area contributed by atoms with Crippen molar-refractivity contribution in [1.82, 2.24) is 40.5 Å². The first-order valence-electron chi connectivity index (χ1n) is 25.3. The van der Waals surface area contributed by atoms with E-state index >= 15 is 0 Å². The van der Waals surface area contributed by atoms with E-state index in [-0.39, 0.29) is 61.1 Å². The van der Waals surface area contributed by atoms with Crippen molar-refractivity contribution in [1.29, 1.82) is 0 Å². The van der Waals surface area contributed by atoms with Gasteiger partial charge in [0.25, 0.3) is 0 Å². The number of nitrogens with two attached hydrogens (primary N) is 1. The van der Waals surface area contributed by atoms with Crippen LogP contribution < -0.4 is 21.1 Å². The number of nitrogen functional groups attached to an aromatic ring is 1. The monoisotopic (exact) mass is 1010 g/mol. The minimum atomic E-state index is -0.868. The first kappa shape index (κ1) is 53.9. The van der Waals surface area contributed by atoms with E-state index in [0.29, 0.717) is 55.1 Å². The number of rotatable bonds is 20. The summed E-state index contributed by atoms with van der Waals surface area (Å²) in [5.74, 6) is 6.46. The molecule has 3 aromatic carbocycles. The van der Waals surface area contributed by atoms with Crippen molar-refractivity contribution in [2.24, 2.45) is 5.41 Å². The van der Waals surface area contributed by atoms with Crippen molar-refractivity contribution in [3.8, 4) is 45.0 Å². The maximum Gasteiger partial charge on any atom is 0.246 e. The predicted molar refractivity (Wildman–Crippen MR) is 283 cm³/mol. The van der Waals surface area contributed by atoms with E-state index in [1.807, 2.05) is 92.7 Å². The van der Waals surface area contributed by atoms with E-state index in [1.54, 1.807) is 35.6 Å². The molecular weight excluding hydrogens is 943 g/mol. The van der Waals surface area contributed by atoms with E-state index < -0.39 is 23.6 Å². The molecule has 0 bridgehead atoms. The molecule has 4 heterocycles. The average molecular weight is 1010 g/mol. The number of amides is 4. The standard InChI is InChI=1S/C56H69N9O7S/c1-38-51(73-37-59-38)41-23-21-40(22-24-41)35-58-54(70)47-34-43(66)36-65(47)55(71)52(56(2,3)4)60-49(68)18-9-7-5-6-8-10-19-50(69)64-28-26-63(27-29-64)30-31-72-44-15-13-14-39(32-44)20-25-42-33-46(61-62-53(42)57)45-16-11-12-17-48(45)67/h11-17,21-24,32-33,37,43,47,52,66-67H,5-10,18-19,26-31,34-36H2,1-4H3,(H2,57,62)(H,58,70)(H,60,68)/t43-,47+,52?/m1/s1. The van der Waals surface area contributed by atoms with Gasteiger partial charge in [0.2, 0.25) is 23.6 Å². The number of β-amino-alcohol motifs (C(OH)–C–C–N with tert-alkyl or cyclic N) is 1. The molecule has 2 aromatic heterocycles. The topological polar surface area (TPSA) is 216 Å². The number of likely N-dealkylation sites (tertiary alicyclic amines) is 1. The number of benzene rings is 3. The van der Waals surface area contributed by atoms with Crippen molar-refractivity contribution in [3.05, 3.63) is 107 Å². The molecule has 0 saturated carbocycles. The molecule has 0 spiro atoms. The van der Waals surface area contributed by atoms with Crippen LogP contribution in [0.25, 0.3) is 21.7 Å². The number of para-hydroxylation sites is 1. The number of piperazine rings is 1. The van der Waals surface area contributed by atoms with Crippen LogP contribution in [0.3, 0.4) is 0 Å². The summed E-state index contributed by atoms with van der Waals surface area (Å²) in [4.78, 5) is 64.8. The lowest BCUT2D eigenvalue weighted by atomic mass is 9.85. The second kappa shape index (κ2) is 25.7. The quantitative estimate of drug-likeness (QED) is 0.0406. The Labute approximate surface area is 432 Å². The number of aromatic hydroxyl groups is 1. The number of carbonyl (C=O) groups is 4. The fraction of sp³-hybridized carbons (Fsp3) is 0.446. The summed E-state index contributed by atoms with van der Waals surface area (Å²) in [5.41, 5.74) is 12.5. The average Bonchev–Trinajstić information content (AvgIpc) is 4.00. The molecule has 16 nitrogen and oxygen atoms in total. The van der Waals surface area contributed by atoms with Gasteiger partial charge < -0.3 is 41.1 Å². The van der Waals surface area contributed by atoms with Crippen LogP contribution in [0.5, 0.6) is 11.5 Å². The van der Waals surface area contributed by atoms with Crippen LogP contribution in [0.15, 0.2) is 84.4 Å². The molecule has 2 fully saturated rings. The van der Waals surface area contributed by atoms with Crippen molar-refractivity contribution in [2.45, 2.75) is 110 Å². The van der Waals surface area contributed by atoms with Gasteiger partial charge in [0, 0.05) is 76.2 Å². The minimum Gasteiger partial charge on any atom is -0.507 e. The number of hydrogen-bond donors (Lipinski definition) is 5. The van der Waals surface area contributed by atoms with Crippen molar-refractivity contribution in [3.63, 3.8) is 0 Å². The number of aliphatic hydroxyl groups excluding tert-OH is 1. The highest BCUT2D eigenvalue weighted by molar-refractivity contribution is 7.13. The van der Waals surface area contributed by atoms with E-state index in [0.717, 1.165) is 79.0 Å². The molecule has 2 aliphatic rings. The van der Waals surface area contributed by atoms with Crippen molar-refractivity contribution >= 4 is 40.8 Å². The number of aryl methyl sites for hydroxylation is 1. The van der Waals surface area contributed by atoms with Crippen molar-refractivity contribution in [2.75, 3.05) is 51.6 Å². The number of nitrogens with zero attached hydrogens (tertiary/aromatic N) is 6. The first-order chi connectivity index (χ1) is 35.1. The summed E-state index contributed by atoms with van der Waals surface area (Å²) in [6.45, 7) is 12.1. The Hall–Kier alpha value is -6.87. The van der Waals surface area contributed by atoms with Crippen LogP contribution in [0, 0.1) is 24.2 Å². The van der Waals surface area contributed by atoms with Crippen LogP contribution in [0.1, 0.15) is 101 Å². The number of aliphatic hydroxyl groups is 1. The molecule has 1 unspecified atom stereocenters. The maximum absolute atomic E-state index is 14.0. The largest absolute Gasteiger partial charge is 0.507 e. The Balaban J connectivity index is 0.745.